The number of rotatable bonds is 4. The Morgan fingerprint density at radius 2 is 2.05 bits per heavy atom. The Morgan fingerprint density at radius 1 is 1.37 bits per heavy atom. The summed E-state index contributed by atoms with van der Waals surface area (Å²) in [4.78, 5) is 12.1. The maximum absolute atomic E-state index is 12.1. The van der Waals surface area contributed by atoms with E-state index in [1.54, 1.807) is 6.20 Å². The van der Waals surface area contributed by atoms with Gasteiger partial charge in [-0.3, -0.25) is 9.89 Å². The largest absolute Gasteiger partial charge is 0.323 e. The van der Waals surface area contributed by atoms with Gasteiger partial charge in [-0.1, -0.05) is 37.3 Å². The van der Waals surface area contributed by atoms with Gasteiger partial charge in [0.2, 0.25) is 5.91 Å². The van der Waals surface area contributed by atoms with Gasteiger partial charge in [0.1, 0.15) is 5.82 Å². The molecule has 0 aliphatic heterocycles. The van der Waals surface area contributed by atoms with Crippen LogP contribution in [0, 0.1) is 12.8 Å². The molecule has 0 bridgehead atoms. The fourth-order valence-electron chi connectivity index (χ4n) is 1.84. The number of amides is 1. The molecule has 0 fully saturated rings. The normalized spacial score (nSPS) is 13.8. The molecule has 1 heterocycles. The van der Waals surface area contributed by atoms with Crippen LogP contribution in [0.5, 0.6) is 0 Å². The molecule has 0 spiro atoms. The van der Waals surface area contributed by atoms with Crippen molar-refractivity contribution < 1.29 is 4.79 Å². The lowest BCUT2D eigenvalue weighted by Crippen LogP contribution is -2.30. The standard InChI is InChI=1S/C14H18N4O/c1-9-8-16-18-13(9)17-14(19)10(2)12(15)11-6-4-3-5-7-11/h3-8,10,12H,15H2,1-2H3,(H2,16,17,18,19). The van der Waals surface area contributed by atoms with Crippen LogP contribution < -0.4 is 11.1 Å². The van der Waals surface area contributed by atoms with E-state index in [0.717, 1.165) is 11.1 Å². The summed E-state index contributed by atoms with van der Waals surface area (Å²) in [6.07, 6.45) is 1.66. The maximum atomic E-state index is 12.1. The molecule has 0 radical (unpaired) electrons. The molecule has 5 nitrogen and oxygen atoms in total. The van der Waals surface area contributed by atoms with E-state index in [9.17, 15) is 4.79 Å². The summed E-state index contributed by atoms with van der Waals surface area (Å²) in [6.45, 7) is 3.69. The highest BCUT2D eigenvalue weighted by molar-refractivity contribution is 5.92. The van der Waals surface area contributed by atoms with Crippen LogP contribution >= 0.6 is 0 Å². The van der Waals surface area contributed by atoms with Gasteiger partial charge in [-0.25, -0.2) is 0 Å². The highest BCUT2D eigenvalue weighted by atomic mass is 16.2. The summed E-state index contributed by atoms with van der Waals surface area (Å²) in [5.41, 5.74) is 7.97. The van der Waals surface area contributed by atoms with Gasteiger partial charge in [0.05, 0.1) is 12.1 Å². The van der Waals surface area contributed by atoms with Crippen LogP contribution in [-0.2, 0) is 4.79 Å². The lowest BCUT2D eigenvalue weighted by molar-refractivity contribution is -0.120. The Labute approximate surface area is 112 Å². The minimum atomic E-state index is -0.329. The molecule has 2 atom stereocenters. The lowest BCUT2D eigenvalue weighted by atomic mass is 9.95. The Bertz CT molecular complexity index is 550. The van der Waals surface area contributed by atoms with Crippen molar-refractivity contribution in [3.05, 3.63) is 47.7 Å². The Balaban J connectivity index is 2.05. The molecule has 2 unspecified atom stereocenters. The minimum absolute atomic E-state index is 0.122. The average molecular weight is 258 g/mol. The first kappa shape index (κ1) is 13.3. The first-order valence-corrected chi connectivity index (χ1v) is 6.21. The third-order valence-corrected chi connectivity index (χ3v) is 3.21. The lowest BCUT2D eigenvalue weighted by Gasteiger charge is -2.19. The van der Waals surface area contributed by atoms with Crippen molar-refractivity contribution in [2.45, 2.75) is 19.9 Å². The first-order valence-electron chi connectivity index (χ1n) is 6.21. The van der Waals surface area contributed by atoms with Gasteiger partial charge in [-0.15, -0.1) is 0 Å². The molecule has 0 aliphatic rings. The van der Waals surface area contributed by atoms with Gasteiger partial charge in [0.15, 0.2) is 0 Å². The average Bonchev–Trinajstić information content (AvgIpc) is 2.83. The summed E-state index contributed by atoms with van der Waals surface area (Å²) in [7, 11) is 0. The number of hydrogen-bond donors (Lipinski definition) is 3. The number of aromatic nitrogens is 2. The van der Waals surface area contributed by atoms with Crippen LogP contribution in [0.15, 0.2) is 36.5 Å². The predicted molar refractivity (Wildman–Crippen MR) is 74.5 cm³/mol. The van der Waals surface area contributed by atoms with Crippen molar-refractivity contribution >= 4 is 11.7 Å². The zero-order chi connectivity index (χ0) is 13.8. The van der Waals surface area contributed by atoms with E-state index in [0.29, 0.717) is 5.82 Å². The Morgan fingerprint density at radius 3 is 2.63 bits per heavy atom. The summed E-state index contributed by atoms with van der Waals surface area (Å²) in [6, 6.07) is 9.28. The van der Waals surface area contributed by atoms with Gasteiger partial charge in [-0.05, 0) is 12.5 Å². The number of carbonyl (C=O) groups excluding carboxylic acids is 1. The van der Waals surface area contributed by atoms with Crippen molar-refractivity contribution in [2.75, 3.05) is 5.32 Å². The molecule has 1 aromatic carbocycles. The number of hydrogen-bond acceptors (Lipinski definition) is 3. The minimum Gasteiger partial charge on any atom is -0.323 e. The van der Waals surface area contributed by atoms with Crippen molar-refractivity contribution in [2.24, 2.45) is 11.7 Å². The number of nitrogens with zero attached hydrogens (tertiary/aromatic N) is 1. The number of nitrogens with one attached hydrogen (secondary N) is 2. The molecule has 0 aliphatic carbocycles. The second-order valence-electron chi connectivity index (χ2n) is 4.64. The molecule has 100 valence electrons. The van der Waals surface area contributed by atoms with Gasteiger partial charge in [0.25, 0.3) is 0 Å². The quantitative estimate of drug-likeness (QED) is 0.784. The van der Waals surface area contributed by atoms with E-state index in [4.69, 9.17) is 5.73 Å². The van der Waals surface area contributed by atoms with E-state index in [1.165, 1.54) is 0 Å². The molecule has 1 amide bonds. The zero-order valence-electron chi connectivity index (χ0n) is 11.1. The fourth-order valence-corrected chi connectivity index (χ4v) is 1.84. The topological polar surface area (TPSA) is 83.8 Å². The number of anilines is 1. The molecule has 5 heteroatoms. The number of aromatic amines is 1. The molecule has 1 aromatic heterocycles. The number of H-pyrrole nitrogens is 1. The van der Waals surface area contributed by atoms with Gasteiger partial charge in [-0.2, -0.15) is 5.10 Å². The third-order valence-electron chi connectivity index (χ3n) is 3.21. The van der Waals surface area contributed by atoms with Gasteiger partial charge in [0, 0.05) is 11.6 Å². The summed E-state index contributed by atoms with van der Waals surface area (Å²) in [5.74, 6) is 0.172. The van der Waals surface area contributed by atoms with Crippen molar-refractivity contribution in [3.8, 4) is 0 Å². The first-order chi connectivity index (χ1) is 9.09. The number of benzene rings is 1. The molecular formula is C14H18N4O. The zero-order valence-corrected chi connectivity index (χ0v) is 11.1. The molecule has 0 saturated heterocycles. The van der Waals surface area contributed by atoms with Crippen LogP contribution in [0.1, 0.15) is 24.1 Å². The van der Waals surface area contributed by atoms with Crippen LogP contribution in [0.2, 0.25) is 0 Å². The van der Waals surface area contributed by atoms with Crippen molar-refractivity contribution in [3.63, 3.8) is 0 Å². The monoisotopic (exact) mass is 258 g/mol. The van der Waals surface area contributed by atoms with E-state index in [2.05, 4.69) is 15.5 Å². The second-order valence-corrected chi connectivity index (χ2v) is 4.64. The SMILES string of the molecule is Cc1cn[nH]c1NC(=O)C(C)C(N)c1ccccc1. The van der Waals surface area contributed by atoms with Crippen LogP contribution in [0.3, 0.4) is 0 Å². The van der Waals surface area contributed by atoms with E-state index in [-0.39, 0.29) is 17.9 Å². The predicted octanol–water partition coefficient (Wildman–Crippen LogP) is 1.99. The van der Waals surface area contributed by atoms with Crippen molar-refractivity contribution in [1.29, 1.82) is 0 Å². The smallest absolute Gasteiger partial charge is 0.230 e. The summed E-state index contributed by atoms with van der Waals surface area (Å²) >= 11 is 0. The summed E-state index contributed by atoms with van der Waals surface area (Å²) in [5, 5.41) is 9.42. The highest BCUT2D eigenvalue weighted by Crippen LogP contribution is 2.20. The summed E-state index contributed by atoms with van der Waals surface area (Å²) < 4.78 is 0. The van der Waals surface area contributed by atoms with Gasteiger partial charge >= 0.3 is 0 Å². The van der Waals surface area contributed by atoms with Crippen LogP contribution in [0.25, 0.3) is 0 Å². The Kier molecular flexibility index (Phi) is 3.97. The molecule has 2 rings (SSSR count). The molecule has 19 heavy (non-hydrogen) atoms. The van der Waals surface area contributed by atoms with E-state index in [1.807, 2.05) is 44.2 Å². The fraction of sp³-hybridized carbons (Fsp3) is 0.286. The Hall–Kier alpha value is -2.14. The molecule has 0 saturated carbocycles. The van der Waals surface area contributed by atoms with Gasteiger partial charge < -0.3 is 11.1 Å². The van der Waals surface area contributed by atoms with Crippen LogP contribution in [0.4, 0.5) is 5.82 Å². The van der Waals surface area contributed by atoms with E-state index >= 15 is 0 Å². The molecule has 4 N–H and O–H groups in total. The number of nitrogens with two attached hydrogens (primary N) is 1. The maximum Gasteiger partial charge on any atom is 0.230 e. The molecular weight excluding hydrogens is 240 g/mol. The third kappa shape index (κ3) is 3.00. The number of aryl methyl sites for hydroxylation is 1. The number of carbonyl (C=O) groups is 1. The van der Waals surface area contributed by atoms with E-state index < -0.39 is 0 Å². The van der Waals surface area contributed by atoms with Crippen molar-refractivity contribution in [1.82, 2.24) is 10.2 Å². The molecule has 2 aromatic rings. The van der Waals surface area contributed by atoms with Crippen LogP contribution in [-0.4, -0.2) is 16.1 Å². The second kappa shape index (κ2) is 5.67. The highest BCUT2D eigenvalue weighted by Gasteiger charge is 2.22.